The standard InChI is InChI=1S/C26H60N2O6SSi4/c1-26(2)24-37(8,9)38(10,11)39(33-26,34-36(5,6)7)23-17-19-27-25(29)18-13-12-14-20-28(3,4)21-15-16-22-35(30,31)32/h12-24H2,1-11H3,(H-,27,29,30,31,32). The SMILES string of the molecule is CC1(C)C[Si](C)(C)[Si](C)(C)[Si](CCCNC(=O)CCCCC[N+](C)(C)CCCCS(=O)(=O)[O-])(O[Si](C)(C)C)O1. The molecule has 39 heavy (non-hydrogen) atoms. The van der Waals surface area contributed by atoms with Crippen molar-refractivity contribution in [3.8, 4) is 0 Å². The van der Waals surface area contributed by atoms with E-state index in [4.69, 9.17) is 8.54 Å². The van der Waals surface area contributed by atoms with Gasteiger partial charge in [0.2, 0.25) is 5.91 Å². The van der Waals surface area contributed by atoms with E-state index in [2.05, 4.69) is 79.1 Å². The maximum absolute atomic E-state index is 12.5. The number of hydrogen-bond donors (Lipinski definition) is 1. The van der Waals surface area contributed by atoms with Crippen molar-refractivity contribution in [2.24, 2.45) is 0 Å². The summed E-state index contributed by atoms with van der Waals surface area (Å²) in [5, 5.41) is 3.16. The molecule has 1 unspecified atom stereocenters. The topological polar surface area (TPSA) is 105 Å². The number of hydrogen-bond acceptors (Lipinski definition) is 6. The Morgan fingerprint density at radius 2 is 1.56 bits per heavy atom. The van der Waals surface area contributed by atoms with E-state index < -0.39 is 41.2 Å². The van der Waals surface area contributed by atoms with Gasteiger partial charge in [0.1, 0.15) is 7.11 Å². The van der Waals surface area contributed by atoms with Crippen LogP contribution in [-0.4, -0.2) is 99.5 Å². The van der Waals surface area contributed by atoms with Gasteiger partial charge in [0.25, 0.3) is 0 Å². The Morgan fingerprint density at radius 3 is 2.10 bits per heavy atom. The number of nitrogens with one attached hydrogen (secondary N) is 1. The van der Waals surface area contributed by atoms with Gasteiger partial charge in [-0.2, -0.15) is 0 Å². The minimum Gasteiger partial charge on any atom is -0.748 e. The van der Waals surface area contributed by atoms with Crippen LogP contribution in [-0.2, 0) is 23.5 Å². The number of rotatable bonds is 17. The van der Waals surface area contributed by atoms with Crippen molar-refractivity contribution in [3.05, 3.63) is 0 Å². The van der Waals surface area contributed by atoms with E-state index >= 15 is 0 Å². The fraction of sp³-hybridized carbons (Fsp3) is 0.962. The molecule has 1 aliphatic heterocycles. The van der Waals surface area contributed by atoms with Crippen molar-refractivity contribution in [1.82, 2.24) is 5.32 Å². The molecule has 13 heteroatoms. The van der Waals surface area contributed by atoms with Crippen LogP contribution in [0.25, 0.3) is 0 Å². The summed E-state index contributed by atoms with van der Waals surface area (Å²) in [7, 11) is -7.26. The Balaban J connectivity index is 2.49. The summed E-state index contributed by atoms with van der Waals surface area (Å²) in [6, 6.07) is 2.17. The van der Waals surface area contributed by atoms with Gasteiger partial charge < -0.3 is 22.9 Å². The largest absolute Gasteiger partial charge is 0.748 e. The highest BCUT2D eigenvalue weighted by molar-refractivity contribution is 7.85. The summed E-state index contributed by atoms with van der Waals surface area (Å²) in [5.41, 5.74) is -0.127. The Morgan fingerprint density at radius 1 is 1.00 bits per heavy atom. The highest BCUT2D eigenvalue weighted by Gasteiger charge is 2.67. The Kier molecular flexibility index (Phi) is 13.4. The Labute approximate surface area is 244 Å². The maximum atomic E-state index is 12.5. The molecule has 1 saturated heterocycles. The average Bonchev–Trinajstić information content (AvgIpc) is 2.70. The summed E-state index contributed by atoms with van der Waals surface area (Å²) < 4.78 is 47.2. The van der Waals surface area contributed by atoms with Crippen LogP contribution in [0.4, 0.5) is 0 Å². The summed E-state index contributed by atoms with van der Waals surface area (Å²) in [5.74, 6) is -0.151. The van der Waals surface area contributed by atoms with Gasteiger partial charge in [0.15, 0.2) is 8.32 Å². The monoisotopic (exact) mass is 640 g/mol. The molecule has 232 valence electrons. The van der Waals surface area contributed by atoms with Crippen LogP contribution in [0.2, 0.25) is 57.9 Å². The fourth-order valence-corrected chi connectivity index (χ4v) is 46.3. The van der Waals surface area contributed by atoms with Crippen LogP contribution in [0.1, 0.15) is 58.8 Å². The molecule has 0 spiro atoms. The molecule has 0 aromatic rings. The number of carbonyl (C=O) groups is 1. The number of nitrogens with zero attached hydrogens (tertiary/aromatic N) is 1. The third-order valence-electron chi connectivity index (χ3n) is 8.50. The number of amides is 1. The molecule has 1 heterocycles. The van der Waals surface area contributed by atoms with Crippen LogP contribution in [0.3, 0.4) is 0 Å². The normalized spacial score (nSPS) is 23.0. The molecule has 0 radical (unpaired) electrons. The molecular formula is C26H60N2O6SSi4. The van der Waals surface area contributed by atoms with E-state index in [1.807, 2.05) is 0 Å². The quantitative estimate of drug-likeness (QED) is 0.102. The molecule has 1 amide bonds. The van der Waals surface area contributed by atoms with Crippen LogP contribution in [0, 0.1) is 0 Å². The minimum atomic E-state index is -4.11. The predicted octanol–water partition coefficient (Wildman–Crippen LogP) is 5.13. The lowest BCUT2D eigenvalue weighted by Gasteiger charge is -2.60. The lowest BCUT2D eigenvalue weighted by atomic mass is 10.1. The van der Waals surface area contributed by atoms with E-state index in [-0.39, 0.29) is 17.3 Å². The zero-order valence-electron chi connectivity index (χ0n) is 27.0. The van der Waals surface area contributed by atoms with E-state index in [9.17, 15) is 17.8 Å². The second-order valence-corrected chi connectivity index (χ2v) is 46.6. The molecule has 0 aromatic heterocycles. The molecule has 1 atom stereocenters. The van der Waals surface area contributed by atoms with E-state index in [0.717, 1.165) is 55.7 Å². The van der Waals surface area contributed by atoms with Crippen molar-refractivity contribution in [2.75, 3.05) is 39.5 Å². The maximum Gasteiger partial charge on any atom is 0.303 e. The van der Waals surface area contributed by atoms with Crippen molar-refractivity contribution in [2.45, 2.75) is 122 Å². The summed E-state index contributed by atoms with van der Waals surface area (Å²) in [6.07, 6.45) is 5.50. The van der Waals surface area contributed by atoms with Gasteiger partial charge in [-0.3, -0.25) is 4.79 Å². The Bertz CT molecular complexity index is 903. The first-order chi connectivity index (χ1) is 17.4. The second-order valence-electron chi connectivity index (χ2n) is 15.1. The number of unbranched alkanes of at least 4 members (excludes halogenated alkanes) is 3. The van der Waals surface area contributed by atoms with Gasteiger partial charge in [-0.05, 0) is 84.1 Å². The van der Waals surface area contributed by atoms with E-state index in [1.54, 1.807) is 0 Å². The van der Waals surface area contributed by atoms with E-state index in [0.29, 0.717) is 19.4 Å². The van der Waals surface area contributed by atoms with Gasteiger partial charge in [-0.1, -0.05) is 26.2 Å². The molecule has 0 bridgehead atoms. The van der Waals surface area contributed by atoms with Crippen molar-refractivity contribution < 1.29 is 30.8 Å². The van der Waals surface area contributed by atoms with Gasteiger partial charge in [0.05, 0.1) is 42.9 Å². The van der Waals surface area contributed by atoms with Gasteiger partial charge in [0, 0.05) is 26.3 Å². The van der Waals surface area contributed by atoms with Gasteiger partial charge >= 0.3 is 8.08 Å². The fourth-order valence-electron chi connectivity index (χ4n) is 6.04. The summed E-state index contributed by atoms with van der Waals surface area (Å²) in [4.78, 5) is 12.5. The molecular weight excluding hydrogens is 581 g/mol. The van der Waals surface area contributed by atoms with Gasteiger partial charge in [-0.25, -0.2) is 8.42 Å². The Hall–Kier alpha value is 0.128. The second kappa shape index (κ2) is 14.1. The van der Waals surface area contributed by atoms with Gasteiger partial charge in [-0.15, -0.1) is 0 Å². The molecule has 1 fully saturated rings. The summed E-state index contributed by atoms with van der Waals surface area (Å²) >= 11 is 0. The van der Waals surface area contributed by atoms with Crippen LogP contribution in [0.5, 0.6) is 0 Å². The summed E-state index contributed by atoms with van der Waals surface area (Å²) in [6.45, 7) is 24.1. The molecule has 1 rings (SSSR count). The number of carbonyl (C=O) groups excluding carboxylic acids is 1. The highest BCUT2D eigenvalue weighted by Crippen LogP contribution is 2.47. The molecule has 1 aliphatic rings. The molecule has 8 nitrogen and oxygen atoms in total. The zero-order chi connectivity index (χ0) is 30.4. The predicted molar refractivity (Wildman–Crippen MR) is 172 cm³/mol. The first-order valence-electron chi connectivity index (χ1n) is 14.9. The first-order valence-corrected chi connectivity index (χ1v) is 30.1. The molecule has 0 saturated carbocycles. The minimum absolute atomic E-state index is 0.125. The lowest BCUT2D eigenvalue weighted by molar-refractivity contribution is -0.890. The third kappa shape index (κ3) is 12.9. The first kappa shape index (κ1) is 37.2. The lowest BCUT2D eigenvalue weighted by Crippen LogP contribution is -2.82. The zero-order valence-corrected chi connectivity index (χ0v) is 31.8. The van der Waals surface area contributed by atoms with Crippen LogP contribution >= 0.6 is 0 Å². The van der Waals surface area contributed by atoms with Crippen LogP contribution in [0.15, 0.2) is 0 Å². The highest BCUT2D eigenvalue weighted by atomic mass is 32.2. The smallest absolute Gasteiger partial charge is 0.303 e. The molecule has 1 N–H and O–H groups in total. The third-order valence-corrected chi connectivity index (χ3v) is 49.9. The van der Waals surface area contributed by atoms with Crippen molar-refractivity contribution >= 4 is 47.1 Å². The van der Waals surface area contributed by atoms with E-state index in [1.165, 1.54) is 6.04 Å². The number of quaternary nitrogens is 1. The van der Waals surface area contributed by atoms with Crippen molar-refractivity contribution in [3.63, 3.8) is 0 Å². The van der Waals surface area contributed by atoms with Crippen molar-refractivity contribution in [1.29, 1.82) is 0 Å². The van der Waals surface area contributed by atoms with Crippen LogP contribution < -0.4 is 5.32 Å². The molecule has 0 aromatic carbocycles. The average molecular weight is 641 g/mol. The molecule has 0 aliphatic carbocycles.